The molecule has 1 aliphatic carbocycles. The molecule has 0 aliphatic heterocycles. The smallest absolute Gasteiger partial charge is 0.163 e. The average molecular weight is 299 g/mol. The Morgan fingerprint density at radius 2 is 2.06 bits per heavy atom. The third-order valence-electron chi connectivity index (χ3n) is 3.16. The first-order valence-electron chi connectivity index (χ1n) is 5.71. The number of alkyl halides is 1. The van der Waals surface area contributed by atoms with E-state index in [0.29, 0.717) is 23.7 Å². The Labute approximate surface area is 109 Å². The van der Waals surface area contributed by atoms with E-state index >= 15 is 0 Å². The average Bonchev–Trinajstić information content (AvgIpc) is 2.70. The Balaban J connectivity index is 2.20. The molecule has 2 unspecified atom stereocenters. The van der Waals surface area contributed by atoms with Crippen molar-refractivity contribution in [2.45, 2.75) is 31.5 Å². The minimum atomic E-state index is -0.881. The molecular formula is C13H15BrO3. The number of fused-ring (bicyclic) bond motifs is 1. The predicted molar refractivity (Wildman–Crippen MR) is 68.5 cm³/mol. The molecule has 3 nitrogen and oxygen atoms in total. The molecule has 1 aromatic carbocycles. The molecule has 0 radical (unpaired) electrons. The molecule has 1 aromatic rings. The molecule has 0 saturated carbocycles. The molecule has 17 heavy (non-hydrogen) atoms. The van der Waals surface area contributed by atoms with Crippen LogP contribution in [0.5, 0.6) is 0 Å². The number of carbonyl (C=O) groups is 1. The number of hydrogen-bond donors (Lipinski definition) is 2. The van der Waals surface area contributed by atoms with Crippen molar-refractivity contribution in [3.63, 3.8) is 0 Å². The van der Waals surface area contributed by atoms with Crippen LogP contribution in [0.3, 0.4) is 0 Å². The first-order chi connectivity index (χ1) is 8.13. The van der Waals surface area contributed by atoms with E-state index in [4.69, 9.17) is 0 Å². The van der Waals surface area contributed by atoms with Gasteiger partial charge in [0, 0.05) is 17.3 Å². The van der Waals surface area contributed by atoms with Gasteiger partial charge in [-0.3, -0.25) is 4.79 Å². The maximum atomic E-state index is 11.5. The summed E-state index contributed by atoms with van der Waals surface area (Å²) in [4.78, 5) is 11.5. The van der Waals surface area contributed by atoms with Gasteiger partial charge in [-0.2, -0.15) is 0 Å². The van der Waals surface area contributed by atoms with E-state index in [2.05, 4.69) is 15.9 Å². The second-order valence-electron chi connectivity index (χ2n) is 4.33. The number of carbonyl (C=O) groups excluding carboxylic acids is 1. The van der Waals surface area contributed by atoms with Gasteiger partial charge < -0.3 is 10.2 Å². The zero-order chi connectivity index (χ0) is 12.4. The Bertz CT molecular complexity index is 431. The van der Waals surface area contributed by atoms with Gasteiger partial charge in [-0.25, -0.2) is 0 Å². The Morgan fingerprint density at radius 3 is 2.76 bits per heavy atom. The molecule has 0 heterocycles. The number of Topliss-reactive ketones (excluding diaryl/α,β-unsaturated/α-hetero) is 1. The molecule has 0 aromatic heterocycles. The standard InChI is InChI=1S/C13H15BrO3/c14-6-5-12(16)13(17)9-1-3-10-8(7-9)2-4-11(10)15/h1,3,7,12-13,16-17H,2,4-6H2. The van der Waals surface area contributed by atoms with E-state index < -0.39 is 12.2 Å². The lowest BCUT2D eigenvalue weighted by Gasteiger charge is -2.17. The zero-order valence-electron chi connectivity index (χ0n) is 9.40. The topological polar surface area (TPSA) is 57.5 Å². The summed E-state index contributed by atoms with van der Waals surface area (Å²) in [6.45, 7) is 0. The Kier molecular flexibility index (Phi) is 3.97. The van der Waals surface area contributed by atoms with Crippen LogP contribution in [0.4, 0.5) is 0 Å². The summed E-state index contributed by atoms with van der Waals surface area (Å²) >= 11 is 3.23. The van der Waals surface area contributed by atoms with E-state index in [0.717, 1.165) is 17.5 Å². The molecule has 2 atom stereocenters. The van der Waals surface area contributed by atoms with Gasteiger partial charge in [0.2, 0.25) is 0 Å². The minimum Gasteiger partial charge on any atom is -0.390 e. The molecular weight excluding hydrogens is 284 g/mol. The number of halogens is 1. The second kappa shape index (κ2) is 5.29. The van der Waals surface area contributed by atoms with Crippen molar-refractivity contribution in [1.82, 2.24) is 0 Å². The molecule has 0 spiro atoms. The van der Waals surface area contributed by atoms with Gasteiger partial charge >= 0.3 is 0 Å². The normalized spacial score (nSPS) is 17.9. The highest BCUT2D eigenvalue weighted by Gasteiger charge is 2.23. The summed E-state index contributed by atoms with van der Waals surface area (Å²) in [5, 5.41) is 20.3. The monoisotopic (exact) mass is 298 g/mol. The Morgan fingerprint density at radius 1 is 1.29 bits per heavy atom. The van der Waals surface area contributed by atoms with Crippen LogP contribution in [-0.4, -0.2) is 27.4 Å². The number of hydrogen-bond acceptors (Lipinski definition) is 3. The largest absolute Gasteiger partial charge is 0.390 e. The number of ketones is 1. The number of benzene rings is 1. The molecule has 92 valence electrons. The van der Waals surface area contributed by atoms with Crippen LogP contribution in [0.15, 0.2) is 18.2 Å². The van der Waals surface area contributed by atoms with Gasteiger partial charge in [-0.15, -0.1) is 0 Å². The van der Waals surface area contributed by atoms with Gasteiger partial charge in [0.1, 0.15) is 6.10 Å². The Hall–Kier alpha value is -0.710. The maximum absolute atomic E-state index is 11.5. The van der Waals surface area contributed by atoms with Gasteiger partial charge in [0.15, 0.2) is 5.78 Å². The van der Waals surface area contributed by atoms with Crippen LogP contribution < -0.4 is 0 Å². The van der Waals surface area contributed by atoms with Crippen LogP contribution in [0.25, 0.3) is 0 Å². The SMILES string of the molecule is O=C1CCc2cc(C(O)C(O)CCBr)ccc21. The number of aliphatic hydroxyl groups excluding tert-OH is 2. The van der Waals surface area contributed by atoms with Crippen molar-refractivity contribution >= 4 is 21.7 Å². The second-order valence-corrected chi connectivity index (χ2v) is 5.12. The van der Waals surface area contributed by atoms with E-state index in [1.807, 2.05) is 6.07 Å². The molecule has 2 N–H and O–H groups in total. The lowest BCUT2D eigenvalue weighted by Crippen LogP contribution is -2.18. The summed E-state index contributed by atoms with van der Waals surface area (Å²) in [6, 6.07) is 5.32. The minimum absolute atomic E-state index is 0.169. The van der Waals surface area contributed by atoms with Gasteiger partial charge in [0.25, 0.3) is 0 Å². The third-order valence-corrected chi connectivity index (χ3v) is 3.62. The van der Waals surface area contributed by atoms with Crippen LogP contribution in [0, 0.1) is 0 Å². The predicted octanol–water partition coefficient (Wildman–Crippen LogP) is 1.99. The van der Waals surface area contributed by atoms with E-state index in [1.54, 1.807) is 12.1 Å². The highest BCUT2D eigenvalue weighted by Crippen LogP contribution is 2.27. The fourth-order valence-corrected chi connectivity index (χ4v) is 2.62. The number of aryl methyl sites for hydroxylation is 1. The molecule has 0 amide bonds. The quantitative estimate of drug-likeness (QED) is 0.836. The van der Waals surface area contributed by atoms with Crippen molar-refractivity contribution in [3.8, 4) is 0 Å². The lowest BCUT2D eigenvalue weighted by molar-refractivity contribution is 0.0173. The molecule has 1 aliphatic rings. The third kappa shape index (κ3) is 2.59. The first-order valence-corrected chi connectivity index (χ1v) is 6.83. The van der Waals surface area contributed by atoms with Crippen molar-refractivity contribution < 1.29 is 15.0 Å². The van der Waals surface area contributed by atoms with Crippen molar-refractivity contribution in [2.75, 3.05) is 5.33 Å². The molecule has 0 fully saturated rings. The van der Waals surface area contributed by atoms with Crippen molar-refractivity contribution in [3.05, 3.63) is 34.9 Å². The van der Waals surface area contributed by atoms with E-state index in [1.165, 1.54) is 0 Å². The molecule has 4 heteroatoms. The fraction of sp³-hybridized carbons (Fsp3) is 0.462. The van der Waals surface area contributed by atoms with Crippen LogP contribution in [0.2, 0.25) is 0 Å². The first kappa shape index (κ1) is 12.7. The summed E-state index contributed by atoms with van der Waals surface area (Å²) in [7, 11) is 0. The van der Waals surface area contributed by atoms with Crippen molar-refractivity contribution in [1.29, 1.82) is 0 Å². The summed E-state index contributed by atoms with van der Waals surface area (Å²) in [6.07, 6.45) is 0.136. The van der Waals surface area contributed by atoms with Gasteiger partial charge in [-0.05, 0) is 24.0 Å². The summed E-state index contributed by atoms with van der Waals surface area (Å²) < 4.78 is 0. The van der Waals surface area contributed by atoms with Crippen molar-refractivity contribution in [2.24, 2.45) is 0 Å². The lowest BCUT2D eigenvalue weighted by atomic mass is 9.98. The molecule has 0 bridgehead atoms. The molecule has 2 rings (SSSR count). The van der Waals surface area contributed by atoms with E-state index in [-0.39, 0.29) is 5.78 Å². The van der Waals surface area contributed by atoms with Gasteiger partial charge in [-0.1, -0.05) is 34.1 Å². The van der Waals surface area contributed by atoms with Crippen LogP contribution in [-0.2, 0) is 6.42 Å². The zero-order valence-corrected chi connectivity index (χ0v) is 11.0. The number of rotatable bonds is 4. The highest BCUT2D eigenvalue weighted by atomic mass is 79.9. The molecule has 0 saturated heterocycles. The van der Waals surface area contributed by atoms with Crippen LogP contribution in [0.1, 0.15) is 40.4 Å². The highest BCUT2D eigenvalue weighted by molar-refractivity contribution is 9.09. The summed E-state index contributed by atoms with van der Waals surface area (Å²) in [5.74, 6) is 0.169. The van der Waals surface area contributed by atoms with Crippen LogP contribution >= 0.6 is 15.9 Å². The number of aliphatic hydroxyl groups is 2. The fourth-order valence-electron chi connectivity index (χ4n) is 2.15. The van der Waals surface area contributed by atoms with E-state index in [9.17, 15) is 15.0 Å². The maximum Gasteiger partial charge on any atom is 0.163 e. The summed E-state index contributed by atoms with van der Waals surface area (Å²) in [5.41, 5.74) is 2.43. The van der Waals surface area contributed by atoms with Gasteiger partial charge in [0.05, 0.1) is 6.10 Å².